The first-order chi connectivity index (χ1) is 8.51. The molecule has 100 valence electrons. The fourth-order valence-corrected chi connectivity index (χ4v) is 3.73. The zero-order valence-electron chi connectivity index (χ0n) is 10.5. The molecule has 0 bridgehead atoms. The van der Waals surface area contributed by atoms with Crippen molar-refractivity contribution in [3.63, 3.8) is 0 Å². The van der Waals surface area contributed by atoms with E-state index in [1.165, 1.54) is 4.31 Å². The number of nitrogens with zero attached hydrogens (tertiary/aromatic N) is 2. The zero-order valence-corrected chi connectivity index (χ0v) is 11.3. The lowest BCUT2D eigenvalue weighted by atomic mass is 10.1. The Morgan fingerprint density at radius 2 is 2.06 bits per heavy atom. The maximum absolute atomic E-state index is 12.4. The van der Waals surface area contributed by atoms with Gasteiger partial charge in [-0.05, 0) is 31.9 Å². The molecule has 1 aromatic heterocycles. The van der Waals surface area contributed by atoms with Gasteiger partial charge in [0.15, 0.2) is 0 Å². The van der Waals surface area contributed by atoms with Crippen LogP contribution in [0.2, 0.25) is 0 Å². The van der Waals surface area contributed by atoms with Crippen LogP contribution < -0.4 is 5.73 Å². The Morgan fingerprint density at radius 1 is 1.39 bits per heavy atom. The van der Waals surface area contributed by atoms with E-state index in [0.717, 1.165) is 12.8 Å². The number of hydrogen-bond acceptors (Lipinski definition) is 4. The Kier molecular flexibility index (Phi) is 3.99. The fourth-order valence-electron chi connectivity index (χ4n) is 2.12. The van der Waals surface area contributed by atoms with Crippen LogP contribution in [0.5, 0.6) is 0 Å². The van der Waals surface area contributed by atoms with Gasteiger partial charge >= 0.3 is 0 Å². The molecular weight excluding hydrogens is 250 g/mol. The summed E-state index contributed by atoms with van der Waals surface area (Å²) in [6.07, 6.45) is 3.08. The molecule has 1 fully saturated rings. The summed E-state index contributed by atoms with van der Waals surface area (Å²) in [4.78, 5) is 4.12. The van der Waals surface area contributed by atoms with Crippen molar-refractivity contribution in [2.75, 3.05) is 13.1 Å². The summed E-state index contributed by atoms with van der Waals surface area (Å²) in [5, 5.41) is -0.604. The van der Waals surface area contributed by atoms with Gasteiger partial charge < -0.3 is 5.73 Å². The van der Waals surface area contributed by atoms with Gasteiger partial charge in [0.25, 0.3) is 0 Å². The molecule has 0 unspecified atom stereocenters. The van der Waals surface area contributed by atoms with Gasteiger partial charge in [0.1, 0.15) is 5.25 Å². The van der Waals surface area contributed by atoms with Crippen molar-refractivity contribution in [1.82, 2.24) is 9.29 Å². The van der Waals surface area contributed by atoms with E-state index in [9.17, 15) is 8.42 Å². The van der Waals surface area contributed by atoms with Gasteiger partial charge in [0.2, 0.25) is 10.0 Å². The molecule has 0 radical (unpaired) electrons. The second-order valence-corrected chi connectivity index (χ2v) is 6.93. The normalized spacial score (nSPS) is 20.8. The van der Waals surface area contributed by atoms with Gasteiger partial charge in [-0.25, -0.2) is 12.7 Å². The molecule has 2 heterocycles. The molecule has 1 aliphatic rings. The minimum Gasteiger partial charge on any atom is -0.328 e. The smallest absolute Gasteiger partial charge is 0.222 e. The summed E-state index contributed by atoms with van der Waals surface area (Å²) in [6, 6.07) is 5.46. The Labute approximate surface area is 108 Å². The van der Waals surface area contributed by atoms with Crippen LogP contribution in [0.4, 0.5) is 0 Å². The number of sulfonamides is 1. The number of pyridine rings is 1. The molecule has 6 heteroatoms. The molecule has 0 aromatic carbocycles. The topological polar surface area (TPSA) is 76.3 Å². The lowest BCUT2D eigenvalue weighted by Crippen LogP contribution is -2.44. The largest absolute Gasteiger partial charge is 0.328 e. The Bertz CT molecular complexity index is 481. The average molecular weight is 269 g/mol. The third kappa shape index (κ3) is 2.71. The van der Waals surface area contributed by atoms with Gasteiger partial charge in [0, 0.05) is 25.3 Å². The average Bonchev–Trinajstić information content (AvgIpc) is 2.39. The Balaban J connectivity index is 2.16. The maximum Gasteiger partial charge on any atom is 0.222 e. The van der Waals surface area contributed by atoms with E-state index in [2.05, 4.69) is 4.98 Å². The van der Waals surface area contributed by atoms with E-state index in [4.69, 9.17) is 5.73 Å². The van der Waals surface area contributed by atoms with E-state index in [1.807, 2.05) is 0 Å². The summed E-state index contributed by atoms with van der Waals surface area (Å²) in [6.45, 7) is 2.72. The van der Waals surface area contributed by atoms with E-state index in [-0.39, 0.29) is 6.04 Å². The van der Waals surface area contributed by atoms with Gasteiger partial charge in [-0.1, -0.05) is 6.07 Å². The fraction of sp³-hybridized carbons (Fsp3) is 0.583. The quantitative estimate of drug-likeness (QED) is 0.884. The Hall–Kier alpha value is -0.980. The maximum atomic E-state index is 12.4. The summed E-state index contributed by atoms with van der Waals surface area (Å²) >= 11 is 0. The van der Waals surface area contributed by atoms with Crippen LogP contribution in [0.1, 0.15) is 30.7 Å². The monoisotopic (exact) mass is 269 g/mol. The molecule has 0 amide bonds. The van der Waals surface area contributed by atoms with E-state index >= 15 is 0 Å². The summed E-state index contributed by atoms with van der Waals surface area (Å²) in [7, 11) is -3.32. The van der Waals surface area contributed by atoms with Crippen molar-refractivity contribution in [2.45, 2.75) is 31.1 Å². The molecule has 1 saturated heterocycles. The predicted octanol–water partition coefficient (Wildman–Crippen LogP) is 0.896. The molecule has 2 rings (SSSR count). The summed E-state index contributed by atoms with van der Waals surface area (Å²) < 4.78 is 26.4. The van der Waals surface area contributed by atoms with Crippen molar-refractivity contribution < 1.29 is 8.42 Å². The third-order valence-corrected chi connectivity index (χ3v) is 5.63. The molecule has 2 N–H and O–H groups in total. The Morgan fingerprint density at radius 3 is 2.61 bits per heavy atom. The zero-order chi connectivity index (χ0) is 13.2. The number of hydrogen-bond donors (Lipinski definition) is 1. The molecule has 0 aliphatic carbocycles. The molecule has 1 atom stereocenters. The lowest BCUT2D eigenvalue weighted by Gasteiger charge is -2.31. The van der Waals surface area contributed by atoms with Crippen LogP contribution >= 0.6 is 0 Å². The molecule has 1 aliphatic heterocycles. The first-order valence-electron chi connectivity index (χ1n) is 6.17. The minimum absolute atomic E-state index is 0.126. The minimum atomic E-state index is -3.32. The van der Waals surface area contributed by atoms with Crippen LogP contribution in [-0.2, 0) is 10.0 Å². The highest BCUT2D eigenvalue weighted by molar-refractivity contribution is 7.89. The first kappa shape index (κ1) is 13.5. The first-order valence-corrected chi connectivity index (χ1v) is 7.67. The third-order valence-electron chi connectivity index (χ3n) is 3.41. The molecule has 18 heavy (non-hydrogen) atoms. The predicted molar refractivity (Wildman–Crippen MR) is 70.4 cm³/mol. The van der Waals surface area contributed by atoms with Crippen LogP contribution in [-0.4, -0.2) is 36.8 Å². The van der Waals surface area contributed by atoms with Gasteiger partial charge in [-0.2, -0.15) is 0 Å². The lowest BCUT2D eigenvalue weighted by molar-refractivity contribution is 0.317. The van der Waals surface area contributed by atoms with Crippen molar-refractivity contribution in [3.05, 3.63) is 30.1 Å². The van der Waals surface area contributed by atoms with Crippen molar-refractivity contribution >= 4 is 10.0 Å². The second-order valence-electron chi connectivity index (χ2n) is 4.68. The number of piperidine rings is 1. The van der Waals surface area contributed by atoms with E-state index in [0.29, 0.717) is 18.8 Å². The van der Waals surface area contributed by atoms with Crippen LogP contribution in [0.15, 0.2) is 24.4 Å². The highest BCUT2D eigenvalue weighted by atomic mass is 32.2. The van der Waals surface area contributed by atoms with E-state index < -0.39 is 15.3 Å². The summed E-state index contributed by atoms with van der Waals surface area (Å²) in [5.74, 6) is 0. The van der Waals surface area contributed by atoms with Crippen LogP contribution in [0.3, 0.4) is 0 Å². The number of nitrogens with two attached hydrogens (primary N) is 1. The van der Waals surface area contributed by atoms with Crippen molar-refractivity contribution in [3.8, 4) is 0 Å². The summed E-state index contributed by atoms with van der Waals surface area (Å²) in [5.41, 5.74) is 6.38. The van der Waals surface area contributed by atoms with E-state index in [1.54, 1.807) is 31.3 Å². The van der Waals surface area contributed by atoms with Gasteiger partial charge in [0.05, 0.1) is 5.69 Å². The van der Waals surface area contributed by atoms with Crippen LogP contribution in [0.25, 0.3) is 0 Å². The standard InChI is InChI=1S/C12H19N3O2S/c1-10(12-4-2-3-7-14-12)18(16,17)15-8-5-11(13)6-9-15/h2-4,7,10-11H,5-6,8-9,13H2,1H3/t10-/m0/s1. The van der Waals surface area contributed by atoms with Crippen molar-refractivity contribution in [2.24, 2.45) is 5.73 Å². The molecular formula is C12H19N3O2S. The molecule has 0 spiro atoms. The highest BCUT2D eigenvalue weighted by Gasteiger charge is 2.32. The highest BCUT2D eigenvalue weighted by Crippen LogP contribution is 2.25. The van der Waals surface area contributed by atoms with Crippen LogP contribution in [0, 0.1) is 0 Å². The second kappa shape index (κ2) is 5.34. The molecule has 5 nitrogen and oxygen atoms in total. The van der Waals surface area contributed by atoms with Gasteiger partial charge in [-0.3, -0.25) is 4.98 Å². The van der Waals surface area contributed by atoms with Crippen molar-refractivity contribution in [1.29, 1.82) is 0 Å². The number of aromatic nitrogens is 1. The molecule has 1 aromatic rings. The van der Waals surface area contributed by atoms with Gasteiger partial charge in [-0.15, -0.1) is 0 Å². The number of rotatable bonds is 3. The molecule has 0 saturated carbocycles. The SMILES string of the molecule is C[C@@H](c1ccccn1)S(=O)(=O)N1CCC(N)CC1.